The van der Waals surface area contributed by atoms with Gasteiger partial charge in [-0.3, -0.25) is 0 Å². The third kappa shape index (κ3) is 3.00. The Morgan fingerprint density at radius 1 is 1.33 bits per heavy atom. The lowest BCUT2D eigenvalue weighted by atomic mass is 10.1. The van der Waals surface area contributed by atoms with E-state index in [1.165, 1.54) is 9.75 Å². The highest BCUT2D eigenvalue weighted by Crippen LogP contribution is 2.23. The molecule has 2 rings (SSSR count). The van der Waals surface area contributed by atoms with E-state index < -0.39 is 0 Å². The molecule has 0 saturated heterocycles. The van der Waals surface area contributed by atoms with Crippen molar-refractivity contribution in [1.82, 2.24) is 14.9 Å². The van der Waals surface area contributed by atoms with E-state index >= 15 is 0 Å². The Hall–Kier alpha value is -1.13. The van der Waals surface area contributed by atoms with Crippen molar-refractivity contribution in [2.24, 2.45) is 7.05 Å². The molecule has 1 unspecified atom stereocenters. The highest BCUT2D eigenvalue weighted by atomic mass is 32.1. The fourth-order valence-corrected chi connectivity index (χ4v) is 3.14. The van der Waals surface area contributed by atoms with Gasteiger partial charge in [0, 0.05) is 35.6 Å². The van der Waals surface area contributed by atoms with E-state index in [1.807, 2.05) is 23.7 Å². The summed E-state index contributed by atoms with van der Waals surface area (Å²) in [5, 5.41) is 3.52. The zero-order valence-corrected chi connectivity index (χ0v) is 12.1. The number of nitrogens with one attached hydrogen (secondary N) is 1. The predicted molar refractivity (Wildman–Crippen MR) is 77.0 cm³/mol. The maximum Gasteiger partial charge on any atom is 0.125 e. The number of nitrogens with zero attached hydrogens (tertiary/aromatic N) is 2. The minimum absolute atomic E-state index is 0.304. The lowest BCUT2D eigenvalue weighted by Crippen LogP contribution is -2.25. The molecule has 1 atom stereocenters. The molecule has 0 spiro atoms. The number of aromatic nitrogens is 2. The minimum atomic E-state index is 0.304. The maximum atomic E-state index is 4.46. The van der Waals surface area contributed by atoms with Crippen LogP contribution in [-0.4, -0.2) is 16.1 Å². The molecule has 2 heterocycles. The number of likely N-dealkylation sites (N-methyl/N-ethyl adjacent to an activating group) is 1. The van der Waals surface area contributed by atoms with Crippen molar-refractivity contribution in [3.05, 3.63) is 40.1 Å². The van der Waals surface area contributed by atoms with E-state index in [-0.39, 0.29) is 0 Å². The topological polar surface area (TPSA) is 29.9 Å². The zero-order chi connectivity index (χ0) is 13.0. The number of thiophene rings is 1. The molecule has 0 bridgehead atoms. The third-order valence-electron chi connectivity index (χ3n) is 3.09. The second-order valence-corrected chi connectivity index (χ2v) is 5.69. The molecule has 1 N–H and O–H groups in total. The van der Waals surface area contributed by atoms with Gasteiger partial charge in [0.15, 0.2) is 0 Å². The molecule has 4 heteroatoms. The van der Waals surface area contributed by atoms with Gasteiger partial charge < -0.3 is 9.88 Å². The van der Waals surface area contributed by atoms with Crippen LogP contribution in [0.2, 0.25) is 0 Å². The van der Waals surface area contributed by atoms with Gasteiger partial charge in [-0.25, -0.2) is 4.98 Å². The van der Waals surface area contributed by atoms with Gasteiger partial charge in [0.25, 0.3) is 0 Å². The molecule has 2 aromatic rings. The van der Waals surface area contributed by atoms with E-state index in [9.17, 15) is 0 Å². The second-order valence-electron chi connectivity index (χ2n) is 4.43. The number of aryl methyl sites for hydroxylation is 2. The van der Waals surface area contributed by atoms with Crippen LogP contribution in [0.5, 0.6) is 0 Å². The van der Waals surface area contributed by atoms with E-state index in [4.69, 9.17) is 0 Å². The van der Waals surface area contributed by atoms with E-state index in [2.05, 4.69) is 47.9 Å². The van der Waals surface area contributed by atoms with Crippen molar-refractivity contribution in [3.63, 3.8) is 0 Å². The highest BCUT2D eigenvalue weighted by molar-refractivity contribution is 7.11. The van der Waals surface area contributed by atoms with Gasteiger partial charge >= 0.3 is 0 Å². The van der Waals surface area contributed by atoms with Crippen LogP contribution in [0.15, 0.2) is 24.5 Å². The van der Waals surface area contributed by atoms with Gasteiger partial charge in [-0.2, -0.15) is 0 Å². The smallest absolute Gasteiger partial charge is 0.125 e. The maximum absolute atomic E-state index is 4.46. The molecule has 0 amide bonds. The first kappa shape index (κ1) is 13.3. The molecule has 0 fully saturated rings. The minimum Gasteiger partial charge on any atom is -0.337 e. The summed E-state index contributed by atoms with van der Waals surface area (Å²) in [5.41, 5.74) is 0. The number of rotatable bonds is 6. The van der Waals surface area contributed by atoms with E-state index in [0.717, 1.165) is 25.2 Å². The van der Waals surface area contributed by atoms with Crippen molar-refractivity contribution in [3.8, 4) is 0 Å². The fourth-order valence-electron chi connectivity index (χ4n) is 2.14. The molecule has 2 aromatic heterocycles. The number of hydrogen-bond acceptors (Lipinski definition) is 3. The van der Waals surface area contributed by atoms with Gasteiger partial charge in [-0.15, -0.1) is 11.3 Å². The lowest BCUT2D eigenvalue weighted by molar-refractivity contribution is 0.509. The Balaban J connectivity index is 2.13. The van der Waals surface area contributed by atoms with Gasteiger partial charge in [-0.1, -0.05) is 13.8 Å². The van der Waals surface area contributed by atoms with Crippen LogP contribution in [0.4, 0.5) is 0 Å². The molecular weight excluding hydrogens is 242 g/mol. The molecule has 0 aliphatic heterocycles. The Morgan fingerprint density at radius 3 is 2.67 bits per heavy atom. The summed E-state index contributed by atoms with van der Waals surface area (Å²) in [7, 11) is 2.05. The summed E-state index contributed by atoms with van der Waals surface area (Å²) in [4.78, 5) is 7.35. The summed E-state index contributed by atoms with van der Waals surface area (Å²) in [6.45, 7) is 5.31. The van der Waals surface area contributed by atoms with Gasteiger partial charge in [0.05, 0.1) is 6.04 Å². The van der Waals surface area contributed by atoms with Crippen LogP contribution >= 0.6 is 11.3 Å². The third-order valence-corrected chi connectivity index (χ3v) is 4.34. The largest absolute Gasteiger partial charge is 0.337 e. The average Bonchev–Trinajstić information content (AvgIpc) is 2.97. The van der Waals surface area contributed by atoms with Crippen molar-refractivity contribution in [1.29, 1.82) is 0 Å². The molecule has 0 aliphatic rings. The molecule has 0 aliphatic carbocycles. The van der Waals surface area contributed by atoms with Crippen LogP contribution in [-0.2, 0) is 19.9 Å². The molecule has 0 saturated carbocycles. The van der Waals surface area contributed by atoms with Crippen molar-refractivity contribution in [2.75, 3.05) is 6.54 Å². The average molecular weight is 263 g/mol. The Labute approximate surface area is 113 Å². The first-order valence-corrected chi connectivity index (χ1v) is 7.34. The second kappa shape index (κ2) is 6.16. The standard InChI is InChI=1S/C14H21N3S/c1-4-11-6-7-12(18-11)10-13(15-5-2)14-16-8-9-17(14)3/h6-9,13,15H,4-5,10H2,1-3H3. The Bertz CT molecular complexity index is 487. The summed E-state index contributed by atoms with van der Waals surface area (Å²) in [5.74, 6) is 1.11. The Morgan fingerprint density at radius 2 is 2.11 bits per heavy atom. The van der Waals surface area contributed by atoms with Crippen LogP contribution in [0, 0.1) is 0 Å². The summed E-state index contributed by atoms with van der Waals surface area (Å²) in [6, 6.07) is 4.79. The Kier molecular flexibility index (Phi) is 4.55. The normalized spacial score (nSPS) is 12.8. The zero-order valence-electron chi connectivity index (χ0n) is 11.3. The molecular formula is C14H21N3S. The van der Waals surface area contributed by atoms with Gasteiger partial charge in [0.2, 0.25) is 0 Å². The molecule has 98 valence electrons. The molecule has 3 nitrogen and oxygen atoms in total. The quantitative estimate of drug-likeness (QED) is 0.868. The van der Waals surface area contributed by atoms with Crippen molar-refractivity contribution in [2.45, 2.75) is 32.7 Å². The summed E-state index contributed by atoms with van der Waals surface area (Å²) < 4.78 is 2.10. The molecule has 0 aromatic carbocycles. The van der Waals surface area contributed by atoms with Crippen LogP contribution in [0.25, 0.3) is 0 Å². The van der Waals surface area contributed by atoms with Gasteiger partial charge in [-0.05, 0) is 25.1 Å². The monoisotopic (exact) mass is 263 g/mol. The summed E-state index contributed by atoms with van der Waals surface area (Å²) >= 11 is 1.91. The molecule has 0 radical (unpaired) electrons. The van der Waals surface area contributed by atoms with E-state index in [0.29, 0.717) is 6.04 Å². The van der Waals surface area contributed by atoms with Crippen LogP contribution < -0.4 is 5.32 Å². The van der Waals surface area contributed by atoms with Gasteiger partial charge in [0.1, 0.15) is 5.82 Å². The summed E-state index contributed by atoms with van der Waals surface area (Å²) in [6.07, 6.45) is 6.01. The number of imidazole rings is 1. The molecule has 18 heavy (non-hydrogen) atoms. The predicted octanol–water partition coefficient (Wildman–Crippen LogP) is 2.94. The van der Waals surface area contributed by atoms with Crippen molar-refractivity contribution >= 4 is 11.3 Å². The van der Waals surface area contributed by atoms with Crippen LogP contribution in [0.1, 0.15) is 35.5 Å². The first-order chi connectivity index (χ1) is 8.74. The first-order valence-electron chi connectivity index (χ1n) is 6.52. The SMILES string of the molecule is CCNC(Cc1ccc(CC)s1)c1nccn1C. The fraction of sp³-hybridized carbons (Fsp3) is 0.500. The number of hydrogen-bond donors (Lipinski definition) is 1. The highest BCUT2D eigenvalue weighted by Gasteiger charge is 2.16. The van der Waals surface area contributed by atoms with E-state index in [1.54, 1.807) is 0 Å². The lowest BCUT2D eigenvalue weighted by Gasteiger charge is -2.16. The van der Waals surface area contributed by atoms with Crippen molar-refractivity contribution < 1.29 is 0 Å². The van der Waals surface area contributed by atoms with Crippen LogP contribution in [0.3, 0.4) is 0 Å².